The number of guanidine groups is 1. The van der Waals surface area contributed by atoms with Crippen LogP contribution in [-0.4, -0.2) is 33.9 Å². The lowest BCUT2D eigenvalue weighted by atomic mass is 10.3. The number of nitrogens with zero attached hydrogens (tertiary/aromatic N) is 2. The standard InChI is InChI=1S/C8H10ClN5O2/c9-5-4(12-8(16)13-6(5)15)3-14-2-1-11-7(14)10/h1-3H2,(H2,10,11)(H2,12,13,15,16)/i8-1. The van der Waals surface area contributed by atoms with E-state index in [9.17, 15) is 9.59 Å². The van der Waals surface area contributed by atoms with Crippen molar-refractivity contribution in [3.05, 3.63) is 31.6 Å². The fraction of sp³-hybridized carbons (Fsp3) is 0.375. The normalized spacial score (nSPS) is 15.3. The predicted octanol–water partition coefficient (Wildman–Crippen LogP) is -1.15. The van der Waals surface area contributed by atoms with Crippen LogP contribution in [0.5, 0.6) is 0 Å². The Hall–Kier alpha value is -1.76. The van der Waals surface area contributed by atoms with Gasteiger partial charge in [0.2, 0.25) is 0 Å². The Morgan fingerprint density at radius 3 is 2.81 bits per heavy atom. The average Bonchev–Trinajstić information content (AvgIpc) is 2.60. The van der Waals surface area contributed by atoms with Gasteiger partial charge in [0.05, 0.1) is 18.8 Å². The van der Waals surface area contributed by atoms with Crippen molar-refractivity contribution in [3.63, 3.8) is 0 Å². The van der Waals surface area contributed by atoms with Crippen LogP contribution in [0, 0.1) is 0 Å². The van der Waals surface area contributed by atoms with Crippen molar-refractivity contribution in [2.24, 2.45) is 10.7 Å². The molecule has 0 aromatic carbocycles. The topological polar surface area (TPSA) is 107 Å². The van der Waals surface area contributed by atoms with Crippen molar-refractivity contribution in [1.82, 2.24) is 14.9 Å². The lowest BCUT2D eigenvalue weighted by molar-refractivity contribution is 0.440. The van der Waals surface area contributed by atoms with Crippen LogP contribution in [0.1, 0.15) is 5.69 Å². The zero-order chi connectivity index (χ0) is 11.7. The molecule has 0 spiro atoms. The Morgan fingerprint density at radius 2 is 2.19 bits per heavy atom. The van der Waals surface area contributed by atoms with Gasteiger partial charge in [-0.3, -0.25) is 14.8 Å². The first-order valence-electron chi connectivity index (χ1n) is 4.64. The maximum Gasteiger partial charge on any atom is 0.326 e. The van der Waals surface area contributed by atoms with E-state index >= 15 is 0 Å². The number of aromatic nitrogens is 2. The molecule has 0 saturated carbocycles. The molecule has 0 radical (unpaired) electrons. The van der Waals surface area contributed by atoms with E-state index in [1.807, 2.05) is 4.98 Å². The van der Waals surface area contributed by atoms with E-state index in [2.05, 4.69) is 9.98 Å². The van der Waals surface area contributed by atoms with Gasteiger partial charge < -0.3 is 15.6 Å². The first-order valence-corrected chi connectivity index (χ1v) is 5.01. The number of rotatable bonds is 2. The minimum Gasteiger partial charge on any atom is -0.370 e. The highest BCUT2D eigenvalue weighted by atomic mass is 35.5. The molecule has 2 rings (SSSR count). The highest BCUT2D eigenvalue weighted by Gasteiger charge is 2.16. The van der Waals surface area contributed by atoms with Gasteiger partial charge in [-0.15, -0.1) is 0 Å². The number of aromatic amines is 2. The van der Waals surface area contributed by atoms with Crippen LogP contribution in [0.2, 0.25) is 5.02 Å². The van der Waals surface area contributed by atoms with E-state index < -0.39 is 11.2 Å². The summed E-state index contributed by atoms with van der Waals surface area (Å²) in [6, 6.07) is 0. The van der Waals surface area contributed by atoms with Crippen molar-refractivity contribution in [1.29, 1.82) is 0 Å². The third-order valence-corrected chi connectivity index (χ3v) is 2.67. The molecule has 8 heteroatoms. The molecule has 16 heavy (non-hydrogen) atoms. The Balaban J connectivity index is 2.31. The summed E-state index contributed by atoms with van der Waals surface area (Å²) < 4.78 is 0. The van der Waals surface area contributed by atoms with Crippen molar-refractivity contribution >= 4 is 17.6 Å². The predicted molar refractivity (Wildman–Crippen MR) is 59.6 cm³/mol. The third-order valence-electron chi connectivity index (χ3n) is 2.27. The second-order valence-electron chi connectivity index (χ2n) is 3.36. The number of aliphatic imine (C=N–C) groups is 1. The number of nitrogens with two attached hydrogens (primary N) is 1. The number of hydrogen-bond acceptors (Lipinski definition) is 5. The van der Waals surface area contributed by atoms with E-state index in [0.29, 0.717) is 24.7 Å². The summed E-state index contributed by atoms with van der Waals surface area (Å²) in [6.07, 6.45) is 0. The van der Waals surface area contributed by atoms with E-state index in [0.717, 1.165) is 0 Å². The van der Waals surface area contributed by atoms with Crippen molar-refractivity contribution in [3.8, 4) is 0 Å². The number of H-pyrrole nitrogens is 2. The summed E-state index contributed by atoms with van der Waals surface area (Å²) in [5.41, 5.74) is 4.77. The first-order chi connectivity index (χ1) is 7.58. The quantitative estimate of drug-likeness (QED) is 0.608. The summed E-state index contributed by atoms with van der Waals surface area (Å²) in [4.78, 5) is 32.5. The Kier molecular flexibility index (Phi) is 2.69. The van der Waals surface area contributed by atoms with Gasteiger partial charge >= 0.3 is 5.69 Å². The van der Waals surface area contributed by atoms with Crippen LogP contribution in [0.25, 0.3) is 0 Å². The van der Waals surface area contributed by atoms with E-state index in [-0.39, 0.29) is 11.6 Å². The van der Waals surface area contributed by atoms with Gasteiger partial charge in [-0.1, -0.05) is 11.6 Å². The maximum atomic E-state index is 11.2. The van der Waals surface area contributed by atoms with Crippen LogP contribution in [0.4, 0.5) is 0 Å². The zero-order valence-electron chi connectivity index (χ0n) is 8.29. The zero-order valence-corrected chi connectivity index (χ0v) is 9.04. The molecule has 1 aromatic heterocycles. The van der Waals surface area contributed by atoms with E-state index in [1.165, 1.54) is 0 Å². The molecule has 0 atom stereocenters. The van der Waals surface area contributed by atoms with Crippen LogP contribution in [0.15, 0.2) is 14.6 Å². The molecule has 0 fully saturated rings. The lowest BCUT2D eigenvalue weighted by Crippen LogP contribution is -2.35. The molecule has 7 nitrogen and oxygen atoms in total. The molecule has 0 saturated heterocycles. The highest BCUT2D eigenvalue weighted by molar-refractivity contribution is 6.31. The molecule has 1 aliphatic rings. The maximum absolute atomic E-state index is 11.2. The second-order valence-corrected chi connectivity index (χ2v) is 3.74. The Morgan fingerprint density at radius 1 is 1.44 bits per heavy atom. The average molecular weight is 243 g/mol. The van der Waals surface area contributed by atoms with Gasteiger partial charge in [-0.2, -0.15) is 0 Å². The van der Waals surface area contributed by atoms with Crippen LogP contribution >= 0.6 is 11.6 Å². The minimum absolute atomic E-state index is 0.0284. The fourth-order valence-corrected chi connectivity index (χ4v) is 1.63. The Bertz CT molecular complexity index is 546. The third kappa shape index (κ3) is 1.94. The molecule has 0 unspecified atom stereocenters. The molecule has 2 heterocycles. The van der Waals surface area contributed by atoms with Crippen molar-refractivity contribution < 1.29 is 0 Å². The monoisotopic (exact) mass is 242 g/mol. The molecule has 4 N–H and O–H groups in total. The van der Waals surface area contributed by atoms with Gasteiger partial charge in [0.25, 0.3) is 5.56 Å². The van der Waals surface area contributed by atoms with Gasteiger partial charge in [0, 0.05) is 6.54 Å². The number of hydrogen-bond donors (Lipinski definition) is 3. The molecule has 1 aromatic rings. The van der Waals surface area contributed by atoms with Crippen molar-refractivity contribution in [2.75, 3.05) is 13.1 Å². The molecular weight excluding hydrogens is 233 g/mol. The fourth-order valence-electron chi connectivity index (χ4n) is 1.48. The number of nitrogens with one attached hydrogen (secondary N) is 2. The lowest BCUT2D eigenvalue weighted by Gasteiger charge is -2.17. The smallest absolute Gasteiger partial charge is 0.326 e. The molecule has 1 aliphatic heterocycles. The van der Waals surface area contributed by atoms with Gasteiger partial charge in [0.1, 0.15) is 5.02 Å². The first kappa shape index (κ1) is 10.7. The van der Waals surface area contributed by atoms with Gasteiger partial charge in [-0.05, 0) is 0 Å². The summed E-state index contributed by atoms with van der Waals surface area (Å²) in [7, 11) is 0. The molecular formula is C8H10ClN5O2. The van der Waals surface area contributed by atoms with Crippen LogP contribution in [-0.2, 0) is 6.54 Å². The molecule has 0 aliphatic carbocycles. The molecule has 0 bridgehead atoms. The minimum atomic E-state index is -0.602. The van der Waals surface area contributed by atoms with Gasteiger partial charge in [0.15, 0.2) is 5.96 Å². The summed E-state index contributed by atoms with van der Waals surface area (Å²) in [5, 5.41) is -0.0284. The SMILES string of the molecule is NC1=NCCN1Cc1[nH][11c](=O)[nH]c(=O)c1Cl. The van der Waals surface area contributed by atoms with Gasteiger partial charge in [-0.25, -0.2) is 4.79 Å². The summed E-state index contributed by atoms with van der Waals surface area (Å²) in [5.74, 6) is 0.386. The summed E-state index contributed by atoms with van der Waals surface area (Å²) >= 11 is 5.77. The van der Waals surface area contributed by atoms with Crippen LogP contribution < -0.4 is 17.0 Å². The highest BCUT2D eigenvalue weighted by Crippen LogP contribution is 2.10. The Labute approximate surface area is 94.9 Å². The van der Waals surface area contributed by atoms with Crippen LogP contribution in [0.3, 0.4) is 0 Å². The van der Waals surface area contributed by atoms with E-state index in [1.54, 1.807) is 4.90 Å². The largest absolute Gasteiger partial charge is 0.370 e. The summed E-state index contributed by atoms with van der Waals surface area (Å²) in [6.45, 7) is 1.53. The molecule has 0 amide bonds. The molecule has 86 valence electrons. The van der Waals surface area contributed by atoms with E-state index in [4.69, 9.17) is 17.3 Å². The van der Waals surface area contributed by atoms with Crippen molar-refractivity contribution in [2.45, 2.75) is 6.54 Å². The number of halogens is 1. The second kappa shape index (κ2) is 4.01.